The summed E-state index contributed by atoms with van der Waals surface area (Å²) < 4.78 is 25.6. The topological polar surface area (TPSA) is 138 Å². The van der Waals surface area contributed by atoms with E-state index in [0.717, 1.165) is 0 Å². The van der Waals surface area contributed by atoms with E-state index in [1.807, 2.05) is 60.5 Å². The minimum atomic E-state index is -2.44. The first-order chi connectivity index (χ1) is 10.8. The van der Waals surface area contributed by atoms with E-state index >= 15 is 0 Å². The Morgan fingerprint density at radius 1 is 0.739 bits per heavy atom. The molecule has 4 N–H and O–H groups in total. The van der Waals surface area contributed by atoms with E-state index in [1.165, 1.54) is 0 Å². The maximum atomic E-state index is 12.1. The average molecular weight is 438 g/mol. The minimum Gasteiger partial charge on any atom is -0.265 e. The maximum absolute atomic E-state index is 12.1. The number of hydrogen-bond acceptors (Lipinski definition) is 7. The van der Waals surface area contributed by atoms with Crippen LogP contribution in [0.3, 0.4) is 0 Å². The third-order valence-corrected chi connectivity index (χ3v) is 5.26. The molecule has 0 atom stereocenters. The molecular weight excluding hydrogens is 411 g/mol. The van der Waals surface area contributed by atoms with Crippen LogP contribution in [0.15, 0.2) is 30.6 Å². The summed E-state index contributed by atoms with van der Waals surface area (Å²) in [7, 11) is 8.49. The van der Waals surface area contributed by atoms with Crippen molar-refractivity contribution in [3.63, 3.8) is 0 Å². The van der Waals surface area contributed by atoms with E-state index in [4.69, 9.17) is 24.4 Å². The number of nitrogens with zero attached hydrogens (tertiary/aromatic N) is 4. The molecule has 0 bridgehead atoms. The van der Waals surface area contributed by atoms with Gasteiger partial charge in [0.1, 0.15) is 0 Å². The largest absolute Gasteiger partial charge is 0.265 e. The summed E-state index contributed by atoms with van der Waals surface area (Å²) in [4.78, 5) is 3.78. The molecule has 0 aliphatic heterocycles. The van der Waals surface area contributed by atoms with Gasteiger partial charge in [-0.3, -0.25) is 30.6 Å². The Bertz CT molecular complexity index is 318. The van der Waals surface area contributed by atoms with Crippen LogP contribution in [0, 0.1) is 0 Å². The molecule has 0 saturated carbocycles. The second-order valence-electron chi connectivity index (χ2n) is 4.08. The molecule has 0 radical (unpaired) electrons. The van der Waals surface area contributed by atoms with Crippen molar-refractivity contribution in [2.75, 3.05) is 42.3 Å². The summed E-state index contributed by atoms with van der Waals surface area (Å²) in [6.07, 6.45) is 3.50. The predicted molar refractivity (Wildman–Crippen MR) is 84.1 cm³/mol. The van der Waals surface area contributed by atoms with E-state index in [2.05, 4.69) is 4.98 Å². The summed E-state index contributed by atoms with van der Waals surface area (Å²) in [5.74, 6) is 0. The molecule has 0 amide bonds. The normalized spacial score (nSPS) is 9.26. The summed E-state index contributed by atoms with van der Waals surface area (Å²) in [5, 5.41) is 24.0. The second kappa shape index (κ2) is 21.6. The molecule has 1 rings (SSSR count). The third-order valence-electron chi connectivity index (χ3n) is 2.13. The van der Waals surface area contributed by atoms with Gasteiger partial charge in [-0.05, 0) is 54.4 Å². The summed E-state index contributed by atoms with van der Waals surface area (Å²) in [6, 6.07) is 5.72. The molecule has 23 heavy (non-hydrogen) atoms. The van der Waals surface area contributed by atoms with Crippen LogP contribution >= 0.6 is 7.59 Å². The Labute approximate surface area is 148 Å². The van der Waals surface area contributed by atoms with Crippen LogP contribution in [0.2, 0.25) is 0 Å². The van der Waals surface area contributed by atoms with Gasteiger partial charge in [-0.25, -0.2) is 14.0 Å². The van der Waals surface area contributed by atoms with Crippen LogP contribution in [0.5, 0.6) is 0 Å². The smallest absolute Gasteiger partial charge is 0.0267 e. The molecule has 0 fully saturated rings. The zero-order valence-electron chi connectivity index (χ0n) is 14.1. The fraction of sp³-hybridized carbons (Fsp3) is 0.545. The predicted octanol–water partition coefficient (Wildman–Crippen LogP) is 1.77. The summed E-state index contributed by atoms with van der Waals surface area (Å²) in [6.45, 7) is 0. The van der Waals surface area contributed by atoms with Crippen LogP contribution in [-0.2, 0) is 27.7 Å². The number of hydrogen-bond donors (Lipinski definition) is 4. The van der Waals surface area contributed by atoms with Crippen LogP contribution in [0.1, 0.15) is 0 Å². The van der Waals surface area contributed by atoms with Crippen LogP contribution in [0.4, 0.5) is 0 Å². The summed E-state index contributed by atoms with van der Waals surface area (Å²) in [5.41, 5.74) is 0. The first kappa shape index (κ1) is 30.5. The average Bonchev–Trinajstić information content (AvgIpc) is 2.61. The Kier molecular flexibility index (Phi) is 28.6. The molecule has 0 unspecified atom stereocenters. The maximum Gasteiger partial charge on any atom is 0.0267 e. The molecule has 138 valence electrons. The molecule has 0 aliphatic rings. The Morgan fingerprint density at radius 2 is 1.00 bits per heavy atom. The van der Waals surface area contributed by atoms with Gasteiger partial charge in [-0.15, -0.1) is 0 Å². The van der Waals surface area contributed by atoms with E-state index in [1.54, 1.807) is 26.4 Å². The van der Waals surface area contributed by atoms with Crippen LogP contribution < -0.4 is 0 Å². The van der Waals surface area contributed by atoms with Crippen LogP contribution in [0.25, 0.3) is 0 Å². The molecule has 0 saturated heterocycles. The number of rotatable bonds is 3. The van der Waals surface area contributed by atoms with Crippen molar-refractivity contribution in [3.8, 4) is 0 Å². The minimum absolute atomic E-state index is 0.700. The van der Waals surface area contributed by atoms with Gasteiger partial charge in [-0.1, -0.05) is 6.07 Å². The zero-order valence-corrected chi connectivity index (χ0v) is 17.0. The van der Waals surface area contributed by atoms with Gasteiger partial charge >= 0.3 is 23.2 Å². The van der Waals surface area contributed by atoms with Crippen molar-refractivity contribution in [2.24, 2.45) is 0 Å². The van der Waals surface area contributed by atoms with Gasteiger partial charge in [0.25, 0.3) is 7.59 Å². The van der Waals surface area contributed by atoms with Crippen molar-refractivity contribution in [1.29, 1.82) is 0 Å². The van der Waals surface area contributed by atoms with Gasteiger partial charge in [0.05, 0.1) is 0 Å². The van der Waals surface area contributed by atoms with Crippen molar-refractivity contribution in [3.05, 3.63) is 30.6 Å². The molecule has 10 nitrogen and oxygen atoms in total. The monoisotopic (exact) mass is 440 g/mol. The Morgan fingerprint density at radius 3 is 1.04 bits per heavy atom. The number of aromatic nitrogens is 1. The molecule has 0 aliphatic carbocycles. The Hall–Kier alpha value is -0.412. The first-order valence-electron chi connectivity index (χ1n) is 5.88. The van der Waals surface area contributed by atoms with Gasteiger partial charge in [-0.2, -0.15) is 0 Å². The molecule has 1 aromatic rings. The summed E-state index contributed by atoms with van der Waals surface area (Å²) >= 11 is 0.700. The van der Waals surface area contributed by atoms with E-state index < -0.39 is 7.59 Å². The van der Waals surface area contributed by atoms with Crippen molar-refractivity contribution >= 4 is 7.59 Å². The van der Waals surface area contributed by atoms with Gasteiger partial charge < -0.3 is 0 Å². The standard InChI is InChI=1S/C6H18N3OP.C5H5N.Mo.2H2O2.O/c1-7(2)11(10,8(3)4)9(5)6;1-2-4-6-5-3-1;;2*1-2;/h1-6H3;1-5H;;2*1-2H;. The van der Waals surface area contributed by atoms with Crippen molar-refractivity contribution < 1.29 is 48.8 Å². The fourth-order valence-corrected chi connectivity index (χ4v) is 3.53. The van der Waals surface area contributed by atoms with Gasteiger partial charge in [0.2, 0.25) is 0 Å². The van der Waals surface area contributed by atoms with Gasteiger partial charge in [0, 0.05) is 12.4 Å². The zero-order chi connectivity index (χ0) is 19.5. The third kappa shape index (κ3) is 14.9. The first-order valence-corrected chi connectivity index (χ1v) is 8.27. The van der Waals surface area contributed by atoms with E-state index in [9.17, 15) is 4.57 Å². The molecule has 0 aromatic carbocycles. The van der Waals surface area contributed by atoms with Crippen molar-refractivity contribution in [1.82, 2.24) is 19.0 Å². The molecule has 1 heterocycles. The van der Waals surface area contributed by atoms with Crippen LogP contribution in [-0.4, -0.2) is 82.3 Å². The van der Waals surface area contributed by atoms with Crippen molar-refractivity contribution in [2.45, 2.75) is 0 Å². The van der Waals surface area contributed by atoms with E-state index in [0.29, 0.717) is 19.8 Å². The molecule has 0 spiro atoms. The SMILES string of the molecule is CN(C)P(=O)(N(C)C)N(C)C.OO.OO.[O]=[Mo].c1ccncc1. The fourth-order valence-electron chi connectivity index (χ4n) is 1.39. The molecular formula is C11H27MoN4O6P. The van der Waals surface area contributed by atoms with Gasteiger partial charge in [0.15, 0.2) is 0 Å². The number of pyridine rings is 1. The van der Waals surface area contributed by atoms with E-state index in [-0.39, 0.29) is 0 Å². The second-order valence-corrected chi connectivity index (χ2v) is 7.51. The molecule has 12 heteroatoms. The molecule has 1 aromatic heterocycles. The Balaban J connectivity index is -0.000000126. The quantitative estimate of drug-likeness (QED) is 0.239.